The zero-order chi connectivity index (χ0) is 0. The quantitative estimate of drug-likeness (QED) is 0.334. The van der Waals surface area contributed by atoms with Crippen molar-refractivity contribution < 1.29 is 57.3 Å². The maximum atomic E-state index is 0. The second-order valence-corrected chi connectivity index (χ2v) is 0. The van der Waals surface area contributed by atoms with E-state index in [-0.39, 0.29) is 97.7 Å². The summed E-state index contributed by atoms with van der Waals surface area (Å²) in [6.45, 7) is 0. The third-order valence-electron chi connectivity index (χ3n) is 0. The van der Waals surface area contributed by atoms with Crippen LogP contribution in [0.5, 0.6) is 0 Å². The van der Waals surface area contributed by atoms with Crippen LogP contribution in [-0.4, -0.2) is 40.4 Å². The molecule has 0 atom stereocenters. The molecule has 0 spiro atoms. The average molecular weight is 183 g/mol. The summed E-state index contributed by atoms with van der Waals surface area (Å²) in [5.74, 6) is 0. The minimum absolute atomic E-state index is 0. The number of hydrogen-bond donors (Lipinski definition) is 0. The van der Waals surface area contributed by atoms with E-state index in [1.54, 1.807) is 0 Å². The van der Waals surface area contributed by atoms with Crippen molar-refractivity contribution in [1.29, 1.82) is 0 Å². The topological polar surface area (TPSA) is 0 Å². The molecule has 0 saturated carbocycles. The molecule has 0 aromatic heterocycles. The summed E-state index contributed by atoms with van der Waals surface area (Å²) >= 11 is 0. The molecule has 2 radical (unpaired) electrons. The van der Waals surface area contributed by atoms with Gasteiger partial charge in [0.05, 0.1) is 0 Å². The molecule has 0 nitrogen and oxygen atoms in total. The second kappa shape index (κ2) is 28.4. The summed E-state index contributed by atoms with van der Waals surface area (Å²) in [6.07, 6.45) is 0. The van der Waals surface area contributed by atoms with E-state index in [0.717, 1.165) is 0 Å². The molecule has 0 N–H and O–H groups in total. The molecule has 0 unspecified atom stereocenters. The normalized spacial score (nSPS) is 0. The summed E-state index contributed by atoms with van der Waals surface area (Å²) in [7, 11) is 0. The molecule has 0 fully saturated rings. The van der Waals surface area contributed by atoms with E-state index in [0.29, 0.717) is 0 Å². The third kappa shape index (κ3) is 19.6. The first-order chi connectivity index (χ1) is 0. The monoisotopic (exact) mass is 182 g/mol. The van der Waals surface area contributed by atoms with Crippen molar-refractivity contribution in [1.82, 2.24) is 0 Å². The zero-order valence-corrected chi connectivity index (χ0v) is 5.92. The van der Waals surface area contributed by atoms with Crippen molar-refractivity contribution in [3.63, 3.8) is 0 Å². The number of hydrogen-bond acceptors (Lipinski definition) is 0. The van der Waals surface area contributed by atoms with E-state index >= 15 is 0 Å². The molecular formula is H6AlCuLiMgMn. The van der Waals surface area contributed by atoms with Crippen molar-refractivity contribution >= 4 is 40.4 Å². The fraction of sp³-hybridized carbons (Fsp3) is 0. The van der Waals surface area contributed by atoms with Crippen LogP contribution in [0.1, 0.15) is 4.28 Å². The fourth-order valence-corrected chi connectivity index (χ4v) is 0. The standard InChI is InChI=1S/Al.Cu.Li.Mg.Mn.6H/q;;+1;+2;;;;;3*-1. The van der Waals surface area contributed by atoms with Gasteiger partial charge in [-0.15, -0.1) is 0 Å². The van der Waals surface area contributed by atoms with Gasteiger partial charge in [-0.25, -0.2) is 0 Å². The minimum atomic E-state index is 0. The smallest absolute Gasteiger partial charge is 1.00 e. The molecule has 0 heterocycles. The van der Waals surface area contributed by atoms with Gasteiger partial charge in [0.25, 0.3) is 0 Å². The molecule has 0 rings (SSSR count). The van der Waals surface area contributed by atoms with Gasteiger partial charge in [0.1, 0.15) is 0 Å². The van der Waals surface area contributed by atoms with E-state index in [2.05, 4.69) is 0 Å². The maximum Gasteiger partial charge on any atom is 2.00 e. The Morgan fingerprint density at radius 1 is 1.20 bits per heavy atom. The third-order valence-corrected chi connectivity index (χ3v) is 0. The van der Waals surface area contributed by atoms with Crippen LogP contribution in [0.3, 0.4) is 0 Å². The van der Waals surface area contributed by atoms with E-state index < -0.39 is 0 Å². The van der Waals surface area contributed by atoms with Crippen LogP contribution in [0.15, 0.2) is 0 Å². The molecule has 0 aliphatic heterocycles. The first-order valence-electron chi connectivity index (χ1n) is 0. The summed E-state index contributed by atoms with van der Waals surface area (Å²) in [6, 6.07) is 0. The minimum Gasteiger partial charge on any atom is -1.00 e. The molecule has 0 saturated heterocycles. The Morgan fingerprint density at radius 3 is 1.20 bits per heavy atom. The van der Waals surface area contributed by atoms with E-state index in [1.807, 2.05) is 0 Å². The molecule has 5 heavy (non-hydrogen) atoms. The van der Waals surface area contributed by atoms with Crippen LogP contribution >= 0.6 is 0 Å². The fourth-order valence-electron chi connectivity index (χ4n) is 0. The summed E-state index contributed by atoms with van der Waals surface area (Å²) < 4.78 is 0. The van der Waals surface area contributed by atoms with Crippen LogP contribution in [0.4, 0.5) is 0 Å². The molecule has 0 amide bonds. The first-order valence-corrected chi connectivity index (χ1v) is 0. The van der Waals surface area contributed by atoms with Crippen molar-refractivity contribution in [3.05, 3.63) is 0 Å². The van der Waals surface area contributed by atoms with Gasteiger partial charge in [-0.1, -0.05) is 0 Å². The van der Waals surface area contributed by atoms with Crippen LogP contribution in [0.2, 0.25) is 0 Å². The van der Waals surface area contributed by atoms with Crippen LogP contribution in [0, 0.1) is 0 Å². The van der Waals surface area contributed by atoms with Crippen LogP contribution in [-0.2, 0) is 34.1 Å². The second-order valence-electron chi connectivity index (χ2n) is 0. The summed E-state index contributed by atoms with van der Waals surface area (Å²) in [4.78, 5) is 0. The zero-order valence-electron chi connectivity index (χ0n) is 5.39. The van der Waals surface area contributed by atoms with Gasteiger partial charge in [-0.3, -0.25) is 0 Å². The van der Waals surface area contributed by atoms with Gasteiger partial charge in [0.2, 0.25) is 0 Å². The predicted octanol–water partition coefficient (Wildman–Crippen LogP) is -4.23. The van der Waals surface area contributed by atoms with Crippen molar-refractivity contribution in [2.75, 3.05) is 0 Å². The van der Waals surface area contributed by atoms with E-state index in [4.69, 9.17) is 0 Å². The summed E-state index contributed by atoms with van der Waals surface area (Å²) in [5, 5.41) is 0. The Kier molecular flexibility index (Phi) is 251. The molecular weight excluding hydrogens is 177 g/mol. The van der Waals surface area contributed by atoms with Crippen LogP contribution < -0.4 is 18.9 Å². The van der Waals surface area contributed by atoms with Crippen molar-refractivity contribution in [3.8, 4) is 0 Å². The molecule has 5 heteroatoms. The Morgan fingerprint density at radius 2 is 1.20 bits per heavy atom. The molecule has 30 valence electrons. The van der Waals surface area contributed by atoms with Gasteiger partial charge in [-0.2, -0.15) is 0 Å². The Labute approximate surface area is 96.5 Å². The molecule has 0 bridgehead atoms. The molecule has 0 aromatic carbocycles. The largest absolute Gasteiger partial charge is 2.00 e. The molecule has 0 aliphatic carbocycles. The Balaban J connectivity index is 0. The van der Waals surface area contributed by atoms with Gasteiger partial charge in [0, 0.05) is 34.1 Å². The van der Waals surface area contributed by atoms with E-state index in [1.165, 1.54) is 0 Å². The van der Waals surface area contributed by atoms with Gasteiger partial charge < -0.3 is 4.28 Å². The maximum absolute atomic E-state index is 0. The molecule has 0 aromatic rings. The van der Waals surface area contributed by atoms with E-state index in [9.17, 15) is 0 Å². The first kappa shape index (κ1) is 44.3. The van der Waals surface area contributed by atoms with Crippen molar-refractivity contribution in [2.45, 2.75) is 0 Å². The van der Waals surface area contributed by atoms with Gasteiger partial charge in [-0.05, 0) is 0 Å². The number of rotatable bonds is 0. The van der Waals surface area contributed by atoms with Crippen molar-refractivity contribution in [2.24, 2.45) is 0 Å². The Bertz CT molecular complexity index is 19.2. The van der Waals surface area contributed by atoms with Crippen LogP contribution in [0.25, 0.3) is 0 Å². The Hall–Kier alpha value is 2.94. The van der Waals surface area contributed by atoms with Gasteiger partial charge >= 0.3 is 41.9 Å². The van der Waals surface area contributed by atoms with Gasteiger partial charge in [0.15, 0.2) is 17.4 Å². The SMILES string of the molecule is [AlH3].[Cu].[H-].[H-].[H-].[Li+].[Mg+2].[Mn]. The predicted molar refractivity (Wildman–Crippen MR) is 19.0 cm³/mol. The average Bonchev–Trinajstić information content (AvgIpc) is 0. The summed E-state index contributed by atoms with van der Waals surface area (Å²) in [5.41, 5.74) is 0. The molecule has 0 aliphatic rings.